The van der Waals surface area contributed by atoms with Crippen molar-refractivity contribution in [3.8, 4) is 0 Å². The predicted octanol–water partition coefficient (Wildman–Crippen LogP) is 1.30. The van der Waals surface area contributed by atoms with Crippen molar-refractivity contribution in [1.82, 2.24) is 9.78 Å². The highest BCUT2D eigenvalue weighted by atomic mass is 79.9. The van der Waals surface area contributed by atoms with Crippen LogP contribution in [0.25, 0.3) is 0 Å². The lowest BCUT2D eigenvalue weighted by Crippen LogP contribution is -1.84. The number of aryl methyl sites for hydroxylation is 1. The predicted molar refractivity (Wildman–Crippen MR) is 32.0 cm³/mol. The SMILES string of the molecule is Cn1ccc(Br)n1.[H+]. The van der Waals surface area contributed by atoms with Gasteiger partial charge in [0.2, 0.25) is 0 Å². The monoisotopic (exact) mass is 161 g/mol. The third-order valence-corrected chi connectivity index (χ3v) is 1.10. The van der Waals surface area contributed by atoms with E-state index in [0.29, 0.717) is 0 Å². The van der Waals surface area contributed by atoms with Crippen LogP contribution in [0.3, 0.4) is 0 Å². The van der Waals surface area contributed by atoms with Crippen LogP contribution in [0.1, 0.15) is 1.43 Å². The number of halogens is 1. The quantitative estimate of drug-likeness (QED) is 0.562. The molecule has 1 rings (SSSR count). The van der Waals surface area contributed by atoms with Crippen LogP contribution >= 0.6 is 15.9 Å². The molecule has 38 valence electrons. The Balaban J connectivity index is 0.000000490. The maximum absolute atomic E-state index is 3.94. The molecular weight excluding hydrogens is 156 g/mol. The van der Waals surface area contributed by atoms with E-state index in [9.17, 15) is 0 Å². The number of aromatic nitrogens is 2. The van der Waals surface area contributed by atoms with E-state index >= 15 is 0 Å². The first-order chi connectivity index (χ1) is 3.29. The van der Waals surface area contributed by atoms with Gasteiger partial charge in [-0.15, -0.1) is 0 Å². The second-order valence-electron chi connectivity index (χ2n) is 1.31. The molecular formula is C4H6BrN2+. The van der Waals surface area contributed by atoms with Crippen molar-refractivity contribution in [3.63, 3.8) is 0 Å². The summed E-state index contributed by atoms with van der Waals surface area (Å²) in [6, 6.07) is 1.89. The van der Waals surface area contributed by atoms with Gasteiger partial charge >= 0.3 is 1.43 Å². The fourth-order valence-corrected chi connectivity index (χ4v) is 0.755. The first-order valence-corrected chi connectivity index (χ1v) is 2.73. The molecule has 0 N–H and O–H groups in total. The van der Waals surface area contributed by atoms with Crippen LogP contribution in [-0.2, 0) is 7.05 Å². The first kappa shape index (κ1) is 4.84. The van der Waals surface area contributed by atoms with Gasteiger partial charge in [0.25, 0.3) is 0 Å². The normalized spacial score (nSPS) is 9.43. The Hall–Kier alpha value is -0.310. The van der Waals surface area contributed by atoms with Crippen LogP contribution in [0.5, 0.6) is 0 Å². The van der Waals surface area contributed by atoms with Gasteiger partial charge in [0.15, 0.2) is 0 Å². The van der Waals surface area contributed by atoms with Crippen LogP contribution in [0.2, 0.25) is 0 Å². The summed E-state index contributed by atoms with van der Waals surface area (Å²) in [4.78, 5) is 0. The maximum atomic E-state index is 3.94. The van der Waals surface area contributed by atoms with Crippen LogP contribution in [-0.4, -0.2) is 9.78 Å². The average molecular weight is 162 g/mol. The maximum Gasteiger partial charge on any atom is 1.00 e. The summed E-state index contributed by atoms with van der Waals surface area (Å²) >= 11 is 3.20. The van der Waals surface area contributed by atoms with E-state index in [1.54, 1.807) is 4.68 Å². The van der Waals surface area contributed by atoms with Crippen LogP contribution in [0, 0.1) is 0 Å². The molecule has 0 aliphatic rings. The molecule has 0 unspecified atom stereocenters. The highest BCUT2D eigenvalue weighted by molar-refractivity contribution is 9.10. The Morgan fingerprint density at radius 1 is 2.00 bits per heavy atom. The standard InChI is InChI=1S/C4H5BrN2/c1-7-3-2-4(5)6-7/h2-3H,1H3/p+1. The summed E-state index contributed by atoms with van der Waals surface area (Å²) < 4.78 is 2.62. The third kappa shape index (κ3) is 1.03. The highest BCUT2D eigenvalue weighted by Gasteiger charge is 1.84. The Kier molecular flexibility index (Phi) is 1.15. The zero-order valence-electron chi connectivity index (χ0n) is 4.93. The molecule has 0 atom stereocenters. The highest BCUT2D eigenvalue weighted by Crippen LogP contribution is 2.01. The number of nitrogens with zero attached hydrogens (tertiary/aromatic N) is 2. The lowest BCUT2D eigenvalue weighted by atomic mass is 10.8. The molecule has 1 heterocycles. The molecule has 0 amide bonds. The van der Waals surface area contributed by atoms with Crippen molar-refractivity contribution < 1.29 is 1.43 Å². The molecule has 7 heavy (non-hydrogen) atoms. The van der Waals surface area contributed by atoms with Crippen LogP contribution in [0.15, 0.2) is 16.9 Å². The molecule has 1 aromatic heterocycles. The molecule has 0 saturated carbocycles. The minimum atomic E-state index is 0. The van der Waals surface area contributed by atoms with Crippen molar-refractivity contribution >= 4 is 15.9 Å². The second-order valence-corrected chi connectivity index (χ2v) is 2.12. The van der Waals surface area contributed by atoms with Gasteiger partial charge in [-0.05, 0) is 22.0 Å². The van der Waals surface area contributed by atoms with Crippen molar-refractivity contribution in [1.29, 1.82) is 0 Å². The first-order valence-electron chi connectivity index (χ1n) is 1.94. The molecule has 0 bridgehead atoms. The molecule has 2 nitrogen and oxygen atoms in total. The van der Waals surface area contributed by atoms with E-state index in [0.717, 1.165) is 4.60 Å². The molecule has 0 saturated heterocycles. The Bertz CT molecular complexity index is 146. The zero-order chi connectivity index (χ0) is 5.28. The fraction of sp³-hybridized carbons (Fsp3) is 0.250. The number of hydrogen-bond acceptors (Lipinski definition) is 1. The molecule has 3 heteroatoms. The van der Waals surface area contributed by atoms with Gasteiger partial charge in [-0.3, -0.25) is 4.68 Å². The largest absolute Gasteiger partial charge is 1.00 e. The molecule has 0 fully saturated rings. The minimum absolute atomic E-state index is 0. The molecule has 0 spiro atoms. The summed E-state index contributed by atoms with van der Waals surface area (Å²) in [5.41, 5.74) is 0. The van der Waals surface area contributed by atoms with E-state index in [2.05, 4.69) is 21.0 Å². The van der Waals surface area contributed by atoms with E-state index in [1.165, 1.54) is 0 Å². The second kappa shape index (κ2) is 1.66. The smallest absolute Gasteiger partial charge is 0.275 e. The van der Waals surface area contributed by atoms with Crippen molar-refractivity contribution in [2.45, 2.75) is 0 Å². The zero-order valence-corrected chi connectivity index (χ0v) is 5.51. The molecule has 0 radical (unpaired) electrons. The van der Waals surface area contributed by atoms with Gasteiger partial charge in [0.1, 0.15) is 4.60 Å². The average Bonchev–Trinajstić information content (AvgIpc) is 1.87. The van der Waals surface area contributed by atoms with E-state index in [-0.39, 0.29) is 1.43 Å². The van der Waals surface area contributed by atoms with E-state index in [4.69, 9.17) is 0 Å². The molecule has 0 aromatic carbocycles. The van der Waals surface area contributed by atoms with Gasteiger partial charge in [-0.2, -0.15) is 5.10 Å². The summed E-state index contributed by atoms with van der Waals surface area (Å²) in [5.74, 6) is 0. The van der Waals surface area contributed by atoms with Gasteiger partial charge in [0, 0.05) is 13.2 Å². The van der Waals surface area contributed by atoms with Crippen molar-refractivity contribution in [2.24, 2.45) is 7.05 Å². The summed E-state index contributed by atoms with van der Waals surface area (Å²) in [6.07, 6.45) is 1.88. The topological polar surface area (TPSA) is 17.8 Å². The summed E-state index contributed by atoms with van der Waals surface area (Å²) in [7, 11) is 1.88. The Morgan fingerprint density at radius 3 is 2.86 bits per heavy atom. The van der Waals surface area contributed by atoms with Gasteiger partial charge in [-0.25, -0.2) is 0 Å². The molecule has 0 aliphatic carbocycles. The number of rotatable bonds is 0. The minimum Gasteiger partial charge on any atom is -0.275 e. The van der Waals surface area contributed by atoms with Gasteiger partial charge in [-0.1, -0.05) is 0 Å². The lowest BCUT2D eigenvalue weighted by molar-refractivity contribution is 0.760. The Labute approximate surface area is 51.8 Å². The van der Waals surface area contributed by atoms with Crippen molar-refractivity contribution in [3.05, 3.63) is 16.9 Å². The van der Waals surface area contributed by atoms with Gasteiger partial charge in [0.05, 0.1) is 0 Å². The van der Waals surface area contributed by atoms with Gasteiger partial charge < -0.3 is 0 Å². The number of hydrogen-bond donors (Lipinski definition) is 0. The summed E-state index contributed by atoms with van der Waals surface area (Å²) in [6.45, 7) is 0. The summed E-state index contributed by atoms with van der Waals surface area (Å²) in [5, 5.41) is 3.94. The van der Waals surface area contributed by atoms with Crippen LogP contribution < -0.4 is 0 Å². The molecule has 0 aliphatic heterocycles. The van der Waals surface area contributed by atoms with E-state index < -0.39 is 0 Å². The Morgan fingerprint density at radius 2 is 2.71 bits per heavy atom. The lowest BCUT2D eigenvalue weighted by Gasteiger charge is -1.79. The third-order valence-electron chi connectivity index (χ3n) is 0.681. The fourth-order valence-electron chi connectivity index (χ4n) is 0.387. The molecule has 1 aromatic rings. The van der Waals surface area contributed by atoms with E-state index in [1.807, 2.05) is 19.3 Å². The van der Waals surface area contributed by atoms with Crippen LogP contribution in [0.4, 0.5) is 0 Å². The van der Waals surface area contributed by atoms with Crippen molar-refractivity contribution in [2.75, 3.05) is 0 Å².